The Hall–Kier alpha value is -4.15. The number of primary amides is 1. The molecule has 51 heavy (non-hydrogen) atoms. The van der Waals surface area contributed by atoms with Crippen molar-refractivity contribution in [1.82, 2.24) is 31.5 Å². The van der Waals surface area contributed by atoms with Crippen LogP contribution in [0, 0.1) is 5.92 Å². The van der Waals surface area contributed by atoms with Gasteiger partial charge < -0.3 is 58.3 Å². The van der Waals surface area contributed by atoms with Crippen molar-refractivity contribution in [3.63, 3.8) is 0 Å². The molecule has 2 aliphatic heterocycles. The number of carbonyl (C=O) groups is 9. The molecule has 22 heteroatoms. The highest BCUT2D eigenvalue weighted by Gasteiger charge is 2.40. The van der Waals surface area contributed by atoms with Crippen LogP contribution in [0.4, 0.5) is 0 Å². The number of carbonyl (C=O) groups excluding carboxylic acids is 7. The number of carboxylic acid groups (broad SMARTS) is 2. The van der Waals surface area contributed by atoms with Crippen LogP contribution in [-0.2, 0) is 43.2 Å². The largest absolute Gasteiger partial charge is 0.481 e. The lowest BCUT2D eigenvalue weighted by Gasteiger charge is -2.30. The van der Waals surface area contributed by atoms with Gasteiger partial charge in [0.2, 0.25) is 41.4 Å². The molecule has 0 bridgehead atoms. The monoisotopic (exact) mass is 762 g/mol. The Kier molecular flexibility index (Phi) is 17.4. The second kappa shape index (κ2) is 20.6. The van der Waals surface area contributed by atoms with Gasteiger partial charge in [-0.1, -0.05) is 41.9 Å². The van der Waals surface area contributed by atoms with Gasteiger partial charge in [-0.3, -0.25) is 38.4 Å². The Balaban J connectivity index is 2.51. The lowest BCUT2D eigenvalue weighted by atomic mass is 9.96. The van der Waals surface area contributed by atoms with Gasteiger partial charge in [0.25, 0.3) is 0 Å². The SMILES string of the molecule is CC[C@H](C)[C@@H]1NC(=O)[C@@H](CCC(N)=O)NC(=O)[C@H](N)CSSC[C@H](C(=O)O)NC(=O)[C@H]2CCCN2C(=O)[C@H](CO)NC(=O)[C@@H](CC(=O)O)NC1=O. The molecule has 2 saturated heterocycles. The van der Waals surface area contributed by atoms with Crippen LogP contribution >= 0.6 is 21.6 Å². The van der Waals surface area contributed by atoms with Crippen molar-refractivity contribution in [2.45, 2.75) is 94.7 Å². The Morgan fingerprint density at radius 3 is 2.06 bits per heavy atom. The van der Waals surface area contributed by atoms with Crippen LogP contribution in [0.3, 0.4) is 0 Å². The van der Waals surface area contributed by atoms with E-state index < -0.39 is 115 Å². The number of hydrogen-bond donors (Lipinski definition) is 10. The summed E-state index contributed by atoms with van der Waals surface area (Å²) in [6.07, 6.45) is -0.813. The summed E-state index contributed by atoms with van der Waals surface area (Å²) in [4.78, 5) is 116. The number of fused-ring (bicyclic) bond motifs is 1. The molecule has 2 aliphatic rings. The third-order valence-corrected chi connectivity index (χ3v) is 10.7. The molecule has 0 spiro atoms. The highest BCUT2D eigenvalue weighted by molar-refractivity contribution is 8.76. The van der Waals surface area contributed by atoms with Crippen molar-refractivity contribution in [2.75, 3.05) is 24.7 Å². The molecule has 0 aromatic carbocycles. The van der Waals surface area contributed by atoms with Gasteiger partial charge in [-0.15, -0.1) is 0 Å². The molecule has 0 unspecified atom stereocenters. The number of aliphatic hydroxyl groups is 1. The van der Waals surface area contributed by atoms with Gasteiger partial charge in [-0.2, -0.15) is 0 Å². The predicted molar refractivity (Wildman–Crippen MR) is 182 cm³/mol. The minimum atomic E-state index is -1.81. The van der Waals surface area contributed by atoms with Gasteiger partial charge in [0.05, 0.1) is 19.1 Å². The smallest absolute Gasteiger partial charge is 0.327 e. The molecule has 2 fully saturated rings. The van der Waals surface area contributed by atoms with E-state index in [2.05, 4.69) is 26.6 Å². The normalized spacial score (nSPS) is 28.6. The summed E-state index contributed by atoms with van der Waals surface area (Å²) >= 11 is 0. The number of nitrogens with zero attached hydrogens (tertiary/aromatic N) is 1. The summed E-state index contributed by atoms with van der Waals surface area (Å²) in [5.74, 6) is -10.2. The highest BCUT2D eigenvalue weighted by Crippen LogP contribution is 2.24. The van der Waals surface area contributed by atoms with E-state index in [1.807, 2.05) is 0 Å². The second-order valence-electron chi connectivity index (χ2n) is 12.1. The first-order valence-corrected chi connectivity index (χ1v) is 18.6. The Morgan fingerprint density at radius 1 is 0.863 bits per heavy atom. The number of carboxylic acids is 2. The van der Waals surface area contributed by atoms with E-state index in [1.54, 1.807) is 13.8 Å². The minimum Gasteiger partial charge on any atom is -0.481 e. The number of hydrogen-bond acceptors (Lipinski definition) is 13. The fourth-order valence-corrected chi connectivity index (χ4v) is 7.43. The van der Waals surface area contributed by atoms with Crippen molar-refractivity contribution in [3.8, 4) is 0 Å². The van der Waals surface area contributed by atoms with Crippen LogP contribution in [0.5, 0.6) is 0 Å². The first kappa shape index (κ1) is 43.0. The zero-order chi connectivity index (χ0) is 38.4. The lowest BCUT2D eigenvalue weighted by Crippen LogP contribution is -2.61. The Labute approximate surface area is 301 Å². The number of aliphatic hydroxyl groups excluding tert-OH is 1. The molecule has 2 rings (SSSR count). The summed E-state index contributed by atoms with van der Waals surface area (Å²) in [6, 6.07) is -10.1. The summed E-state index contributed by atoms with van der Waals surface area (Å²) in [7, 11) is 2.00. The van der Waals surface area contributed by atoms with E-state index >= 15 is 0 Å². The first-order chi connectivity index (χ1) is 24.0. The molecule has 12 N–H and O–H groups in total. The third kappa shape index (κ3) is 13.2. The summed E-state index contributed by atoms with van der Waals surface area (Å²) in [5, 5.41) is 41.1. The van der Waals surface area contributed by atoms with E-state index in [1.165, 1.54) is 0 Å². The van der Waals surface area contributed by atoms with Crippen LogP contribution in [0.1, 0.15) is 52.4 Å². The molecule has 0 radical (unpaired) electrons. The molecule has 20 nitrogen and oxygen atoms in total. The lowest BCUT2D eigenvalue weighted by molar-refractivity contribution is -0.145. The van der Waals surface area contributed by atoms with Crippen molar-refractivity contribution in [2.24, 2.45) is 17.4 Å². The van der Waals surface area contributed by atoms with Crippen LogP contribution in [0.15, 0.2) is 0 Å². The molecule has 2 heterocycles. The zero-order valence-electron chi connectivity index (χ0n) is 28.1. The number of nitrogens with two attached hydrogens (primary N) is 2. The fraction of sp³-hybridized carbons (Fsp3) is 0.690. The number of aliphatic carboxylic acids is 2. The van der Waals surface area contributed by atoms with Crippen LogP contribution < -0.4 is 38.1 Å². The molecule has 0 aliphatic carbocycles. The second-order valence-corrected chi connectivity index (χ2v) is 14.7. The molecule has 7 amide bonds. The summed E-state index contributed by atoms with van der Waals surface area (Å²) in [5.41, 5.74) is 11.3. The van der Waals surface area contributed by atoms with E-state index in [0.29, 0.717) is 12.8 Å². The zero-order valence-corrected chi connectivity index (χ0v) is 29.8. The summed E-state index contributed by atoms with van der Waals surface area (Å²) in [6.45, 7) is 2.33. The molecule has 0 saturated carbocycles. The highest BCUT2D eigenvalue weighted by atomic mass is 33.1. The van der Waals surface area contributed by atoms with Crippen LogP contribution in [-0.4, -0.2) is 140 Å². The van der Waals surface area contributed by atoms with Crippen molar-refractivity contribution >= 4 is 74.9 Å². The number of rotatable bonds is 9. The fourth-order valence-electron chi connectivity index (χ4n) is 5.15. The van der Waals surface area contributed by atoms with Crippen molar-refractivity contribution < 1.29 is 58.5 Å². The molecule has 0 aromatic rings. The maximum absolute atomic E-state index is 13.5. The Morgan fingerprint density at radius 2 is 1.47 bits per heavy atom. The van der Waals surface area contributed by atoms with E-state index in [4.69, 9.17) is 11.5 Å². The quantitative estimate of drug-likeness (QED) is 0.100. The summed E-state index contributed by atoms with van der Waals surface area (Å²) < 4.78 is 0. The van der Waals surface area contributed by atoms with Crippen LogP contribution in [0.2, 0.25) is 0 Å². The van der Waals surface area contributed by atoms with E-state index in [-0.39, 0.29) is 37.3 Å². The molecular weight excluding hydrogens is 716 g/mol. The molecule has 0 aromatic heterocycles. The van der Waals surface area contributed by atoms with E-state index in [9.17, 15) is 58.5 Å². The van der Waals surface area contributed by atoms with Crippen molar-refractivity contribution in [3.05, 3.63) is 0 Å². The van der Waals surface area contributed by atoms with Crippen molar-refractivity contribution in [1.29, 1.82) is 0 Å². The van der Waals surface area contributed by atoms with E-state index in [0.717, 1.165) is 26.5 Å². The number of amides is 7. The van der Waals surface area contributed by atoms with Crippen LogP contribution in [0.25, 0.3) is 0 Å². The topological polar surface area (TPSA) is 330 Å². The van der Waals surface area contributed by atoms with Gasteiger partial charge in [-0.05, 0) is 25.2 Å². The third-order valence-electron chi connectivity index (χ3n) is 8.27. The standard InChI is InChI=1S/C29H46N8O12S2/c1-3-13(2)22-27(46)33-16(9-21(40)41)25(44)34-17(10-38)28(47)37-8-4-5-19(37)26(45)35-18(29(48)49)12-51-50-11-14(30)23(42)32-15(24(43)36-22)6-7-20(31)39/h13-19,22,38H,3-12,30H2,1-2H3,(H2,31,39)(H,32,42)(H,33,46)(H,34,44)(H,35,45)(H,36,43)(H,40,41)(H,48,49)/t13-,14+,15+,16+,17-,18+,19+,22-/m0/s1. The molecule has 286 valence electrons. The molecule has 8 atom stereocenters. The average Bonchev–Trinajstić information content (AvgIpc) is 3.57. The van der Waals surface area contributed by atoms with Gasteiger partial charge in [-0.25, -0.2) is 4.79 Å². The number of nitrogens with one attached hydrogen (secondary N) is 5. The minimum absolute atomic E-state index is 0.0254. The average molecular weight is 763 g/mol. The molecular formula is C29H46N8O12S2. The first-order valence-electron chi connectivity index (χ1n) is 16.2. The Bertz CT molecular complexity index is 1340. The van der Waals surface area contributed by atoms with Gasteiger partial charge in [0.1, 0.15) is 36.3 Å². The maximum atomic E-state index is 13.5. The maximum Gasteiger partial charge on any atom is 0.327 e. The van der Waals surface area contributed by atoms with Gasteiger partial charge >= 0.3 is 11.9 Å². The van der Waals surface area contributed by atoms with Gasteiger partial charge in [0.15, 0.2) is 0 Å². The van der Waals surface area contributed by atoms with Gasteiger partial charge in [0, 0.05) is 24.5 Å². The predicted octanol–water partition coefficient (Wildman–Crippen LogP) is -4.01.